The summed E-state index contributed by atoms with van der Waals surface area (Å²) in [6.07, 6.45) is 2.04. The highest BCUT2D eigenvalue weighted by atomic mass is 79.9. The van der Waals surface area contributed by atoms with Crippen LogP contribution < -0.4 is 0 Å². The highest BCUT2D eigenvalue weighted by Gasteiger charge is 2.32. The average molecular weight is 386 g/mol. The fourth-order valence-electron chi connectivity index (χ4n) is 3.37. The first-order valence-electron chi connectivity index (χ1n) is 8.49. The largest absolute Gasteiger partial charge is 0.477 e. The first-order chi connectivity index (χ1) is 11.4. The summed E-state index contributed by atoms with van der Waals surface area (Å²) in [6.45, 7) is 6.51. The van der Waals surface area contributed by atoms with Gasteiger partial charge in [0.2, 0.25) is 0 Å². The van der Waals surface area contributed by atoms with E-state index < -0.39 is 0 Å². The molecule has 2 nitrogen and oxygen atoms in total. The fraction of sp³-hybridized carbons (Fsp3) is 0.381. The predicted molar refractivity (Wildman–Crippen MR) is 104 cm³/mol. The van der Waals surface area contributed by atoms with Gasteiger partial charge < -0.3 is 4.74 Å². The van der Waals surface area contributed by atoms with Gasteiger partial charge in [0.25, 0.3) is 0 Å². The third kappa shape index (κ3) is 4.27. The minimum Gasteiger partial charge on any atom is -0.477 e. The van der Waals surface area contributed by atoms with Gasteiger partial charge in [-0.15, -0.1) is 0 Å². The Kier molecular flexibility index (Phi) is 5.09. The predicted octanol–water partition coefficient (Wildman–Crippen LogP) is 5.76. The van der Waals surface area contributed by atoms with Gasteiger partial charge in [0.15, 0.2) is 5.90 Å². The lowest BCUT2D eigenvalue weighted by atomic mass is 9.89. The number of nitrogens with zero attached hydrogens (tertiary/aromatic N) is 1. The van der Waals surface area contributed by atoms with Crippen molar-refractivity contribution in [1.82, 2.24) is 0 Å². The quantitative estimate of drug-likeness (QED) is 0.655. The molecule has 24 heavy (non-hydrogen) atoms. The van der Waals surface area contributed by atoms with Crippen molar-refractivity contribution in [3.05, 3.63) is 70.2 Å². The Morgan fingerprint density at radius 3 is 2.42 bits per heavy atom. The van der Waals surface area contributed by atoms with E-state index in [-0.39, 0.29) is 17.6 Å². The van der Waals surface area contributed by atoms with E-state index in [9.17, 15) is 0 Å². The molecular formula is C21H24BrNO. The summed E-state index contributed by atoms with van der Waals surface area (Å²) in [5.74, 6) is 1.02. The molecule has 0 bridgehead atoms. The maximum atomic E-state index is 6.18. The van der Waals surface area contributed by atoms with Crippen LogP contribution in [0.15, 0.2) is 64.1 Å². The second kappa shape index (κ2) is 7.10. The fourth-order valence-corrected chi connectivity index (χ4v) is 3.64. The van der Waals surface area contributed by atoms with Crippen molar-refractivity contribution in [3.8, 4) is 0 Å². The maximum Gasteiger partial charge on any atom is 0.192 e. The molecule has 0 aromatic heterocycles. The van der Waals surface area contributed by atoms with Crippen molar-refractivity contribution < 1.29 is 4.74 Å². The van der Waals surface area contributed by atoms with E-state index >= 15 is 0 Å². The summed E-state index contributed by atoms with van der Waals surface area (Å²) in [7, 11) is 0. The van der Waals surface area contributed by atoms with Crippen molar-refractivity contribution in [2.24, 2.45) is 4.99 Å². The van der Waals surface area contributed by atoms with Crippen LogP contribution in [-0.4, -0.2) is 17.5 Å². The van der Waals surface area contributed by atoms with Crippen LogP contribution in [0.5, 0.6) is 0 Å². The lowest BCUT2D eigenvalue weighted by molar-refractivity contribution is 0.136. The first-order valence-corrected chi connectivity index (χ1v) is 9.28. The number of rotatable bonds is 4. The van der Waals surface area contributed by atoms with Crippen molar-refractivity contribution in [3.63, 3.8) is 0 Å². The van der Waals surface area contributed by atoms with Crippen molar-refractivity contribution in [2.75, 3.05) is 0 Å². The molecule has 2 unspecified atom stereocenters. The summed E-state index contributed by atoms with van der Waals surface area (Å²) >= 11 is 3.51. The van der Waals surface area contributed by atoms with Crippen LogP contribution in [0.25, 0.3) is 0 Å². The van der Waals surface area contributed by atoms with E-state index in [1.165, 1.54) is 11.1 Å². The van der Waals surface area contributed by atoms with Gasteiger partial charge in [-0.1, -0.05) is 58.4 Å². The molecule has 1 aliphatic rings. The molecular weight excluding hydrogens is 362 g/mol. The van der Waals surface area contributed by atoms with Gasteiger partial charge in [-0.3, -0.25) is 0 Å². The standard InChI is InChI=1S/C21H24BrNO/c1-15-14-21(2,3)23-20(24-15)19(17-7-5-4-6-8-17)13-16-9-11-18(22)12-10-16/h4-12,15,19H,13-14H2,1-3H3. The third-order valence-electron chi connectivity index (χ3n) is 4.37. The Balaban J connectivity index is 1.96. The minimum absolute atomic E-state index is 0.0697. The summed E-state index contributed by atoms with van der Waals surface area (Å²) in [5.41, 5.74) is 2.47. The van der Waals surface area contributed by atoms with Crippen LogP contribution in [0.3, 0.4) is 0 Å². The van der Waals surface area contributed by atoms with E-state index in [2.05, 4.69) is 91.3 Å². The molecule has 0 saturated heterocycles. The van der Waals surface area contributed by atoms with Gasteiger partial charge in [-0.05, 0) is 50.5 Å². The molecule has 0 fully saturated rings. The zero-order valence-electron chi connectivity index (χ0n) is 14.5. The Morgan fingerprint density at radius 2 is 1.79 bits per heavy atom. The molecule has 0 saturated carbocycles. The molecule has 0 N–H and O–H groups in total. The molecule has 126 valence electrons. The van der Waals surface area contributed by atoms with Crippen LogP contribution in [0.2, 0.25) is 0 Å². The molecule has 2 aromatic carbocycles. The van der Waals surface area contributed by atoms with E-state index in [0.29, 0.717) is 0 Å². The number of halogens is 1. The van der Waals surface area contributed by atoms with Crippen molar-refractivity contribution in [2.45, 2.75) is 51.2 Å². The highest BCUT2D eigenvalue weighted by Crippen LogP contribution is 2.31. The van der Waals surface area contributed by atoms with Gasteiger partial charge in [0.05, 0.1) is 17.6 Å². The average Bonchev–Trinajstić information content (AvgIpc) is 2.53. The van der Waals surface area contributed by atoms with Crippen LogP contribution >= 0.6 is 15.9 Å². The monoisotopic (exact) mass is 385 g/mol. The SMILES string of the molecule is CC1CC(C)(C)N=C(C(Cc2ccc(Br)cc2)c2ccccc2)O1. The lowest BCUT2D eigenvalue weighted by Gasteiger charge is -2.34. The second-order valence-electron chi connectivity index (χ2n) is 7.19. The first kappa shape index (κ1) is 17.2. The minimum atomic E-state index is -0.0697. The summed E-state index contributed by atoms with van der Waals surface area (Å²) in [6, 6.07) is 19.1. The zero-order valence-corrected chi connectivity index (χ0v) is 16.1. The van der Waals surface area contributed by atoms with E-state index in [0.717, 1.165) is 23.2 Å². The van der Waals surface area contributed by atoms with Gasteiger partial charge in [-0.25, -0.2) is 4.99 Å². The molecule has 2 aromatic rings. The summed E-state index contributed by atoms with van der Waals surface area (Å²) < 4.78 is 7.28. The van der Waals surface area contributed by atoms with Crippen LogP contribution in [0.1, 0.15) is 44.2 Å². The smallest absolute Gasteiger partial charge is 0.192 e. The number of aliphatic imine (C=N–C) groups is 1. The number of ether oxygens (including phenoxy) is 1. The van der Waals surface area contributed by atoms with Crippen LogP contribution in [0, 0.1) is 0 Å². The summed E-state index contributed by atoms with van der Waals surface area (Å²) in [4.78, 5) is 4.94. The Labute approximate surface area is 153 Å². The van der Waals surface area contributed by atoms with Crippen LogP contribution in [0.4, 0.5) is 0 Å². The van der Waals surface area contributed by atoms with E-state index in [1.54, 1.807) is 0 Å². The normalized spacial score (nSPS) is 20.8. The van der Waals surface area contributed by atoms with Crippen molar-refractivity contribution >= 4 is 21.8 Å². The lowest BCUT2D eigenvalue weighted by Crippen LogP contribution is -2.36. The molecule has 0 amide bonds. The molecule has 3 rings (SSSR count). The zero-order chi connectivity index (χ0) is 17.2. The second-order valence-corrected chi connectivity index (χ2v) is 8.10. The third-order valence-corrected chi connectivity index (χ3v) is 4.90. The van der Waals surface area contributed by atoms with Gasteiger partial charge in [-0.2, -0.15) is 0 Å². The molecule has 1 aliphatic heterocycles. The molecule has 0 aliphatic carbocycles. The van der Waals surface area contributed by atoms with E-state index in [4.69, 9.17) is 9.73 Å². The number of benzene rings is 2. The Bertz CT molecular complexity index is 706. The highest BCUT2D eigenvalue weighted by molar-refractivity contribution is 9.10. The van der Waals surface area contributed by atoms with Crippen molar-refractivity contribution in [1.29, 1.82) is 0 Å². The maximum absolute atomic E-state index is 6.18. The topological polar surface area (TPSA) is 21.6 Å². The molecule has 1 heterocycles. The Hall–Kier alpha value is -1.61. The molecule has 3 heteroatoms. The number of hydrogen-bond donors (Lipinski definition) is 0. The van der Waals surface area contributed by atoms with Crippen LogP contribution in [-0.2, 0) is 11.2 Å². The summed E-state index contributed by atoms with van der Waals surface area (Å²) in [5, 5.41) is 0. The Morgan fingerprint density at radius 1 is 1.12 bits per heavy atom. The molecule has 0 spiro atoms. The molecule has 0 radical (unpaired) electrons. The van der Waals surface area contributed by atoms with Gasteiger partial charge >= 0.3 is 0 Å². The number of hydrogen-bond acceptors (Lipinski definition) is 2. The van der Waals surface area contributed by atoms with Gasteiger partial charge in [0.1, 0.15) is 0 Å². The van der Waals surface area contributed by atoms with E-state index in [1.807, 2.05) is 0 Å². The molecule has 2 atom stereocenters. The van der Waals surface area contributed by atoms with Gasteiger partial charge in [0, 0.05) is 10.9 Å².